The highest BCUT2D eigenvalue weighted by atomic mass is 32.1. The van der Waals surface area contributed by atoms with Crippen LogP contribution in [0.25, 0.3) is 16.6 Å². The maximum atomic E-state index is 12.3. The van der Waals surface area contributed by atoms with Gasteiger partial charge in [-0.1, -0.05) is 36.4 Å². The van der Waals surface area contributed by atoms with E-state index in [-0.39, 0.29) is 12.5 Å². The topological polar surface area (TPSA) is 98.7 Å². The van der Waals surface area contributed by atoms with Gasteiger partial charge in [-0.3, -0.25) is 9.48 Å². The normalized spacial score (nSPS) is 11.1. The second-order valence-electron chi connectivity index (χ2n) is 6.58. The summed E-state index contributed by atoms with van der Waals surface area (Å²) in [6.07, 6.45) is 8.20. The van der Waals surface area contributed by atoms with Crippen LogP contribution in [0.15, 0.2) is 72.6 Å². The van der Waals surface area contributed by atoms with E-state index >= 15 is 0 Å². The Hall–Kier alpha value is -3.78. The summed E-state index contributed by atoms with van der Waals surface area (Å²) in [7, 11) is 0. The number of carbonyl (C=O) groups is 1. The number of amides is 1. The van der Waals surface area contributed by atoms with Gasteiger partial charge in [-0.15, -0.1) is 11.3 Å². The van der Waals surface area contributed by atoms with Crippen molar-refractivity contribution in [2.45, 2.75) is 13.1 Å². The quantitative estimate of drug-likeness (QED) is 0.450. The minimum absolute atomic E-state index is 0.230. The molecule has 0 fully saturated rings. The Bertz CT molecular complexity index is 1150. The lowest BCUT2D eigenvalue weighted by Gasteiger charge is -2.03. The first-order valence-corrected chi connectivity index (χ1v) is 10.2. The van der Waals surface area contributed by atoms with E-state index in [2.05, 4.69) is 27.4 Å². The Labute approximate surface area is 177 Å². The number of nitrogens with one attached hydrogen (secondary N) is 1. The van der Waals surface area contributed by atoms with Crippen molar-refractivity contribution in [2.75, 3.05) is 5.73 Å². The lowest BCUT2D eigenvalue weighted by Crippen LogP contribution is -2.21. The molecule has 150 valence electrons. The number of benzene rings is 1. The molecular formula is C22H20N6OS. The van der Waals surface area contributed by atoms with Crippen LogP contribution in [0.1, 0.15) is 16.7 Å². The smallest absolute Gasteiger partial charge is 0.244 e. The predicted octanol–water partition coefficient (Wildman–Crippen LogP) is 3.36. The number of nitrogens with two attached hydrogens (primary N) is 1. The van der Waals surface area contributed by atoms with Crippen molar-refractivity contribution in [1.82, 2.24) is 25.1 Å². The molecule has 0 atom stereocenters. The van der Waals surface area contributed by atoms with E-state index in [9.17, 15) is 4.79 Å². The summed E-state index contributed by atoms with van der Waals surface area (Å²) in [6, 6.07) is 14.1. The molecule has 0 bridgehead atoms. The minimum Gasteiger partial charge on any atom is -0.383 e. The maximum absolute atomic E-state index is 12.3. The van der Waals surface area contributed by atoms with E-state index in [4.69, 9.17) is 10.8 Å². The Morgan fingerprint density at radius 1 is 1.20 bits per heavy atom. The van der Waals surface area contributed by atoms with Crippen LogP contribution in [0.5, 0.6) is 0 Å². The summed E-state index contributed by atoms with van der Waals surface area (Å²) in [4.78, 5) is 21.2. The van der Waals surface area contributed by atoms with Crippen molar-refractivity contribution in [1.29, 1.82) is 0 Å². The number of aromatic nitrogens is 4. The zero-order valence-electron chi connectivity index (χ0n) is 16.1. The number of rotatable bonds is 7. The average molecular weight is 417 g/mol. The summed E-state index contributed by atoms with van der Waals surface area (Å²) >= 11 is 1.62. The Balaban J connectivity index is 1.50. The van der Waals surface area contributed by atoms with Crippen molar-refractivity contribution in [3.05, 3.63) is 89.3 Å². The molecule has 3 heterocycles. The van der Waals surface area contributed by atoms with Gasteiger partial charge < -0.3 is 11.1 Å². The number of nitrogen functional groups attached to an aromatic ring is 1. The first kappa shape index (κ1) is 19.5. The van der Waals surface area contributed by atoms with Gasteiger partial charge in [0, 0.05) is 36.1 Å². The van der Waals surface area contributed by atoms with Gasteiger partial charge in [0.1, 0.15) is 17.8 Å². The Morgan fingerprint density at radius 2 is 2.07 bits per heavy atom. The summed E-state index contributed by atoms with van der Waals surface area (Å²) in [6.45, 7) is 0.924. The molecule has 30 heavy (non-hydrogen) atoms. The fourth-order valence-electron chi connectivity index (χ4n) is 2.93. The highest BCUT2D eigenvalue weighted by Crippen LogP contribution is 2.27. The predicted molar refractivity (Wildman–Crippen MR) is 118 cm³/mol. The highest BCUT2D eigenvalue weighted by Gasteiger charge is 2.11. The molecule has 4 rings (SSSR count). The van der Waals surface area contributed by atoms with Crippen LogP contribution in [0.4, 0.5) is 5.82 Å². The van der Waals surface area contributed by atoms with Gasteiger partial charge in [0.25, 0.3) is 0 Å². The molecule has 4 aromatic rings. The number of hydrogen-bond donors (Lipinski definition) is 2. The zero-order chi connectivity index (χ0) is 20.8. The molecule has 7 nitrogen and oxygen atoms in total. The molecule has 0 spiro atoms. The van der Waals surface area contributed by atoms with E-state index in [0.717, 1.165) is 21.7 Å². The zero-order valence-corrected chi connectivity index (χ0v) is 16.9. The van der Waals surface area contributed by atoms with Gasteiger partial charge in [0.2, 0.25) is 5.91 Å². The summed E-state index contributed by atoms with van der Waals surface area (Å²) in [5.74, 6) is 0.127. The number of anilines is 1. The highest BCUT2D eigenvalue weighted by molar-refractivity contribution is 7.13. The molecule has 0 aliphatic heterocycles. The van der Waals surface area contributed by atoms with Crippen molar-refractivity contribution < 1.29 is 4.79 Å². The average Bonchev–Trinajstić information content (AvgIpc) is 3.42. The number of carbonyl (C=O) groups excluding carboxylic acids is 1. The van der Waals surface area contributed by atoms with E-state index in [1.807, 2.05) is 46.6 Å². The molecule has 3 N–H and O–H groups in total. The van der Waals surface area contributed by atoms with Crippen molar-refractivity contribution in [3.63, 3.8) is 0 Å². The van der Waals surface area contributed by atoms with Crippen LogP contribution in [-0.4, -0.2) is 25.7 Å². The van der Waals surface area contributed by atoms with Crippen molar-refractivity contribution >= 4 is 29.1 Å². The number of nitrogens with zero attached hydrogens (tertiary/aromatic N) is 4. The molecule has 1 aromatic carbocycles. The fraction of sp³-hybridized carbons (Fsp3) is 0.0909. The van der Waals surface area contributed by atoms with Crippen LogP contribution < -0.4 is 11.1 Å². The van der Waals surface area contributed by atoms with E-state index < -0.39 is 0 Å². The van der Waals surface area contributed by atoms with E-state index in [1.165, 1.54) is 12.4 Å². The van der Waals surface area contributed by atoms with Crippen LogP contribution in [0.3, 0.4) is 0 Å². The summed E-state index contributed by atoms with van der Waals surface area (Å²) < 4.78 is 1.89. The molecule has 0 saturated heterocycles. The number of thiophene rings is 1. The third kappa shape index (κ3) is 4.79. The van der Waals surface area contributed by atoms with Crippen LogP contribution >= 0.6 is 11.3 Å². The molecule has 0 aliphatic carbocycles. The summed E-state index contributed by atoms with van der Waals surface area (Å²) in [5, 5.41) is 9.55. The lowest BCUT2D eigenvalue weighted by molar-refractivity contribution is -0.116. The Kier molecular flexibility index (Phi) is 5.95. The molecule has 0 radical (unpaired) electrons. The molecule has 0 unspecified atom stereocenters. The molecule has 1 amide bonds. The van der Waals surface area contributed by atoms with Gasteiger partial charge >= 0.3 is 0 Å². The molecule has 3 aromatic heterocycles. The van der Waals surface area contributed by atoms with Gasteiger partial charge in [0.05, 0.1) is 11.4 Å². The SMILES string of the molecule is Nc1ncncc1CNC(=O)C=Cc1cn(Cc2ccccc2)nc1-c1cccs1. The van der Waals surface area contributed by atoms with Crippen LogP contribution in [0, 0.1) is 0 Å². The second kappa shape index (κ2) is 9.15. The van der Waals surface area contributed by atoms with Crippen molar-refractivity contribution in [2.24, 2.45) is 0 Å². The molecule has 8 heteroatoms. The van der Waals surface area contributed by atoms with E-state index in [0.29, 0.717) is 17.9 Å². The third-order valence-electron chi connectivity index (χ3n) is 4.42. The first-order chi connectivity index (χ1) is 14.7. The lowest BCUT2D eigenvalue weighted by atomic mass is 10.2. The van der Waals surface area contributed by atoms with E-state index in [1.54, 1.807) is 23.6 Å². The van der Waals surface area contributed by atoms with Crippen LogP contribution in [-0.2, 0) is 17.9 Å². The second-order valence-corrected chi connectivity index (χ2v) is 7.53. The molecule has 0 aliphatic rings. The molecular weight excluding hydrogens is 396 g/mol. The van der Waals surface area contributed by atoms with Gasteiger partial charge in [-0.25, -0.2) is 9.97 Å². The molecule has 0 saturated carbocycles. The van der Waals surface area contributed by atoms with Gasteiger partial charge in [0.15, 0.2) is 0 Å². The minimum atomic E-state index is -0.230. The number of hydrogen-bond acceptors (Lipinski definition) is 6. The maximum Gasteiger partial charge on any atom is 0.244 e. The fourth-order valence-corrected chi connectivity index (χ4v) is 3.66. The van der Waals surface area contributed by atoms with Crippen LogP contribution in [0.2, 0.25) is 0 Å². The first-order valence-electron chi connectivity index (χ1n) is 9.34. The third-order valence-corrected chi connectivity index (χ3v) is 5.30. The standard InChI is InChI=1S/C22H20N6OS/c23-22-18(11-24-15-26-22)12-25-20(29)9-8-17-14-28(13-16-5-2-1-3-6-16)27-21(17)19-7-4-10-30-19/h1-11,14-15H,12-13H2,(H,25,29)(H2,23,24,26). The summed E-state index contributed by atoms with van der Waals surface area (Å²) in [5.41, 5.74) is 9.35. The van der Waals surface area contributed by atoms with Crippen molar-refractivity contribution in [3.8, 4) is 10.6 Å². The largest absolute Gasteiger partial charge is 0.383 e. The van der Waals surface area contributed by atoms with Gasteiger partial charge in [-0.2, -0.15) is 5.10 Å². The monoisotopic (exact) mass is 416 g/mol. The van der Waals surface area contributed by atoms with Gasteiger partial charge in [-0.05, 0) is 23.1 Å². The Morgan fingerprint density at radius 3 is 2.83 bits per heavy atom.